The molecular formula is C22H29FN4O3S2. The van der Waals surface area contributed by atoms with Gasteiger partial charge in [-0.3, -0.25) is 10.1 Å². The highest BCUT2D eigenvalue weighted by molar-refractivity contribution is 7.89. The Hall–Kier alpha value is -2.04. The molecule has 1 aromatic heterocycles. The zero-order valence-corrected chi connectivity index (χ0v) is 20.3. The van der Waals surface area contributed by atoms with E-state index in [4.69, 9.17) is 0 Å². The van der Waals surface area contributed by atoms with Gasteiger partial charge in [0, 0.05) is 31.6 Å². The van der Waals surface area contributed by atoms with E-state index in [1.54, 1.807) is 7.05 Å². The van der Waals surface area contributed by atoms with Gasteiger partial charge in [-0.25, -0.2) is 17.8 Å². The molecule has 2 fully saturated rings. The monoisotopic (exact) mass is 480 g/mol. The van der Waals surface area contributed by atoms with Crippen molar-refractivity contribution in [3.8, 4) is 0 Å². The van der Waals surface area contributed by atoms with Gasteiger partial charge in [-0.1, -0.05) is 6.42 Å². The zero-order chi connectivity index (χ0) is 23.0. The third kappa shape index (κ3) is 4.82. The van der Waals surface area contributed by atoms with Crippen molar-refractivity contribution in [1.82, 2.24) is 9.29 Å². The second-order valence-corrected chi connectivity index (χ2v) is 11.8. The Labute approximate surface area is 192 Å². The van der Waals surface area contributed by atoms with Crippen LogP contribution in [-0.2, 0) is 10.0 Å². The number of rotatable bonds is 7. The summed E-state index contributed by atoms with van der Waals surface area (Å²) in [6.45, 7) is 5.19. The van der Waals surface area contributed by atoms with Crippen molar-refractivity contribution in [2.75, 3.05) is 36.9 Å². The van der Waals surface area contributed by atoms with Crippen molar-refractivity contribution < 1.29 is 17.6 Å². The topological polar surface area (TPSA) is 82.6 Å². The summed E-state index contributed by atoms with van der Waals surface area (Å²) in [6.07, 6.45) is 4.67. The Morgan fingerprint density at radius 2 is 1.94 bits per heavy atom. The van der Waals surface area contributed by atoms with Crippen LogP contribution < -0.4 is 10.2 Å². The van der Waals surface area contributed by atoms with Crippen molar-refractivity contribution in [1.29, 1.82) is 0 Å². The fourth-order valence-electron chi connectivity index (χ4n) is 3.96. The number of amides is 1. The maximum atomic E-state index is 15.2. The molecule has 1 aromatic carbocycles. The molecule has 174 valence electrons. The Balaban J connectivity index is 1.73. The number of hydrogen-bond donors (Lipinski definition) is 1. The molecule has 0 spiro atoms. The van der Waals surface area contributed by atoms with E-state index >= 15 is 4.39 Å². The number of carbonyl (C=O) groups is 1. The maximum absolute atomic E-state index is 15.2. The number of hydrogen-bond acceptors (Lipinski definition) is 6. The molecule has 2 aliphatic rings. The SMILES string of the molecule is Cc1nc(NC(=O)c2cc(S(=O)(=O)N3CCCCC3)c(F)cc2N(C)CC2CC2)sc1C. The van der Waals surface area contributed by atoms with E-state index in [-0.39, 0.29) is 5.56 Å². The molecule has 1 saturated carbocycles. The molecule has 1 amide bonds. The number of thiazole rings is 1. The van der Waals surface area contributed by atoms with Crippen molar-refractivity contribution >= 4 is 38.1 Å². The summed E-state index contributed by atoms with van der Waals surface area (Å²) in [5, 5.41) is 3.21. The number of nitrogens with one attached hydrogen (secondary N) is 1. The molecule has 0 atom stereocenters. The van der Waals surface area contributed by atoms with Gasteiger partial charge in [0.1, 0.15) is 10.7 Å². The van der Waals surface area contributed by atoms with Crippen molar-refractivity contribution in [3.63, 3.8) is 0 Å². The van der Waals surface area contributed by atoms with Crippen LogP contribution in [0.15, 0.2) is 17.0 Å². The molecule has 7 nitrogen and oxygen atoms in total. The summed E-state index contributed by atoms with van der Waals surface area (Å²) in [5.74, 6) is -0.808. The highest BCUT2D eigenvalue weighted by Crippen LogP contribution is 2.34. The van der Waals surface area contributed by atoms with Crippen LogP contribution in [0.2, 0.25) is 0 Å². The van der Waals surface area contributed by atoms with Gasteiger partial charge in [0.2, 0.25) is 10.0 Å². The molecule has 10 heteroatoms. The van der Waals surface area contributed by atoms with Gasteiger partial charge in [-0.2, -0.15) is 4.31 Å². The second kappa shape index (κ2) is 9.07. The standard InChI is InChI=1S/C22H29FN4O3S2/c1-14-15(2)31-22(24-14)25-21(28)17-11-20(32(29,30)27-9-5-4-6-10-27)18(23)12-19(17)26(3)13-16-7-8-16/h11-12,16H,4-10,13H2,1-3H3,(H,24,25,28). The van der Waals surface area contributed by atoms with Crippen LogP contribution >= 0.6 is 11.3 Å². The number of sulfonamides is 1. The van der Waals surface area contributed by atoms with E-state index in [2.05, 4.69) is 10.3 Å². The molecule has 32 heavy (non-hydrogen) atoms. The van der Waals surface area contributed by atoms with Gasteiger partial charge in [-0.05, 0) is 57.6 Å². The van der Waals surface area contributed by atoms with Gasteiger partial charge >= 0.3 is 0 Å². The molecule has 2 heterocycles. The van der Waals surface area contributed by atoms with Crippen LogP contribution in [0.25, 0.3) is 0 Å². The summed E-state index contributed by atoms with van der Waals surface area (Å²) in [7, 11) is -2.22. The van der Waals surface area contributed by atoms with Crippen LogP contribution in [0, 0.1) is 25.6 Å². The van der Waals surface area contributed by atoms with E-state index in [0.717, 1.165) is 42.7 Å². The summed E-state index contributed by atoms with van der Waals surface area (Å²) in [6, 6.07) is 2.38. The van der Waals surface area contributed by atoms with Crippen LogP contribution in [0.4, 0.5) is 15.2 Å². The normalized spacial score (nSPS) is 17.4. The molecule has 2 aromatic rings. The lowest BCUT2D eigenvalue weighted by Gasteiger charge is -2.27. The minimum absolute atomic E-state index is 0.135. The Morgan fingerprint density at radius 3 is 2.53 bits per heavy atom. The Bertz CT molecular complexity index is 1100. The van der Waals surface area contributed by atoms with E-state index in [9.17, 15) is 13.2 Å². The molecular weight excluding hydrogens is 451 g/mol. The minimum Gasteiger partial charge on any atom is -0.374 e. The summed E-state index contributed by atoms with van der Waals surface area (Å²) >= 11 is 1.35. The van der Waals surface area contributed by atoms with Crippen LogP contribution in [-0.4, -0.2) is 50.3 Å². The van der Waals surface area contributed by atoms with Crippen molar-refractivity contribution in [2.45, 2.75) is 50.8 Å². The first-order valence-corrected chi connectivity index (χ1v) is 13.2. The first-order chi connectivity index (χ1) is 15.2. The first-order valence-electron chi connectivity index (χ1n) is 11.0. The molecule has 1 N–H and O–H groups in total. The largest absolute Gasteiger partial charge is 0.374 e. The average molecular weight is 481 g/mol. The fourth-order valence-corrected chi connectivity index (χ4v) is 6.36. The van der Waals surface area contributed by atoms with E-state index in [1.807, 2.05) is 18.7 Å². The number of halogens is 1. The lowest BCUT2D eigenvalue weighted by atomic mass is 10.1. The number of carbonyl (C=O) groups excluding carboxylic acids is 1. The summed E-state index contributed by atoms with van der Waals surface area (Å²) < 4.78 is 42.9. The molecule has 4 rings (SSSR count). The molecule has 1 saturated heterocycles. The third-order valence-corrected chi connectivity index (χ3v) is 9.02. The smallest absolute Gasteiger partial charge is 0.259 e. The third-order valence-electron chi connectivity index (χ3n) is 6.12. The number of benzene rings is 1. The predicted molar refractivity (Wildman–Crippen MR) is 125 cm³/mol. The zero-order valence-electron chi connectivity index (χ0n) is 18.6. The quantitative estimate of drug-likeness (QED) is 0.643. The lowest BCUT2D eigenvalue weighted by Crippen LogP contribution is -2.36. The number of aryl methyl sites for hydroxylation is 2. The predicted octanol–water partition coefficient (Wildman–Crippen LogP) is 4.17. The van der Waals surface area contributed by atoms with Gasteiger partial charge in [-0.15, -0.1) is 11.3 Å². The van der Waals surface area contributed by atoms with Crippen molar-refractivity contribution in [3.05, 3.63) is 34.1 Å². The van der Waals surface area contributed by atoms with E-state index in [0.29, 0.717) is 36.4 Å². The average Bonchev–Trinajstić information content (AvgIpc) is 3.51. The number of anilines is 2. The molecule has 0 bridgehead atoms. The number of piperidine rings is 1. The first kappa shape index (κ1) is 23.1. The minimum atomic E-state index is -4.03. The van der Waals surface area contributed by atoms with Gasteiger partial charge in [0.15, 0.2) is 5.13 Å². The summed E-state index contributed by atoms with van der Waals surface area (Å²) in [5.41, 5.74) is 1.34. The summed E-state index contributed by atoms with van der Waals surface area (Å²) in [4.78, 5) is 19.9. The van der Waals surface area contributed by atoms with Gasteiger partial charge < -0.3 is 4.90 Å². The van der Waals surface area contributed by atoms with Gasteiger partial charge in [0.25, 0.3) is 5.91 Å². The van der Waals surface area contributed by atoms with E-state index in [1.165, 1.54) is 27.8 Å². The molecule has 1 aliphatic carbocycles. The maximum Gasteiger partial charge on any atom is 0.259 e. The van der Waals surface area contributed by atoms with Gasteiger partial charge in [0.05, 0.1) is 16.9 Å². The highest BCUT2D eigenvalue weighted by atomic mass is 32.2. The van der Waals surface area contributed by atoms with Crippen LogP contribution in [0.3, 0.4) is 0 Å². The Kier molecular flexibility index (Phi) is 6.56. The molecule has 0 radical (unpaired) electrons. The molecule has 0 unspecified atom stereocenters. The second-order valence-electron chi connectivity index (χ2n) is 8.70. The van der Waals surface area contributed by atoms with Crippen LogP contribution in [0.5, 0.6) is 0 Å². The Morgan fingerprint density at radius 1 is 1.25 bits per heavy atom. The fraction of sp³-hybridized carbons (Fsp3) is 0.545. The van der Waals surface area contributed by atoms with Crippen molar-refractivity contribution in [2.24, 2.45) is 5.92 Å². The van der Waals surface area contributed by atoms with E-state index < -0.39 is 26.6 Å². The van der Waals surface area contributed by atoms with Crippen LogP contribution in [0.1, 0.15) is 53.0 Å². The number of aromatic nitrogens is 1. The number of nitrogens with zero attached hydrogens (tertiary/aromatic N) is 3. The highest BCUT2D eigenvalue weighted by Gasteiger charge is 2.32. The lowest BCUT2D eigenvalue weighted by molar-refractivity contribution is 0.102. The molecule has 1 aliphatic heterocycles.